The Balaban J connectivity index is 2.04. The number of aliphatic hydroxyl groups is 1. The first-order chi connectivity index (χ1) is 9.15. The molecule has 19 heavy (non-hydrogen) atoms. The normalized spacial score (nSPS) is 14.9. The maximum Gasteiger partial charge on any atom is 0.128 e. The van der Waals surface area contributed by atoms with Gasteiger partial charge in [-0.05, 0) is 35.7 Å². The van der Waals surface area contributed by atoms with E-state index < -0.39 is 6.10 Å². The molecule has 3 rings (SSSR count). The van der Waals surface area contributed by atoms with Crippen LogP contribution in [0, 0.1) is 12.7 Å². The van der Waals surface area contributed by atoms with Crippen molar-refractivity contribution in [3.8, 4) is 5.75 Å². The number of para-hydroxylation sites is 1. The minimum atomic E-state index is -0.859. The van der Waals surface area contributed by atoms with Crippen LogP contribution in [0.4, 0.5) is 4.39 Å². The van der Waals surface area contributed by atoms with Crippen molar-refractivity contribution in [1.82, 2.24) is 0 Å². The van der Waals surface area contributed by atoms with E-state index in [1.807, 2.05) is 25.1 Å². The summed E-state index contributed by atoms with van der Waals surface area (Å²) in [4.78, 5) is 0. The van der Waals surface area contributed by atoms with Crippen LogP contribution in [0.5, 0.6) is 5.75 Å². The largest absolute Gasteiger partial charge is 0.493 e. The molecule has 0 aromatic heterocycles. The van der Waals surface area contributed by atoms with Crippen LogP contribution < -0.4 is 4.74 Å². The topological polar surface area (TPSA) is 29.5 Å². The lowest BCUT2D eigenvalue weighted by atomic mass is 9.97. The highest BCUT2D eigenvalue weighted by molar-refractivity contribution is 5.48. The first kappa shape index (κ1) is 12.2. The van der Waals surface area contributed by atoms with Gasteiger partial charge in [0.2, 0.25) is 0 Å². The molecule has 1 aliphatic heterocycles. The van der Waals surface area contributed by atoms with Gasteiger partial charge < -0.3 is 9.84 Å². The van der Waals surface area contributed by atoms with Crippen LogP contribution in [-0.4, -0.2) is 11.7 Å². The smallest absolute Gasteiger partial charge is 0.128 e. The minimum Gasteiger partial charge on any atom is -0.493 e. The van der Waals surface area contributed by atoms with E-state index in [2.05, 4.69) is 0 Å². The predicted octanol–water partition coefficient (Wildman–Crippen LogP) is 3.15. The van der Waals surface area contributed by atoms with E-state index in [4.69, 9.17) is 4.74 Å². The van der Waals surface area contributed by atoms with E-state index in [-0.39, 0.29) is 5.82 Å². The molecule has 0 saturated carbocycles. The summed E-state index contributed by atoms with van der Waals surface area (Å²) in [6.45, 7) is 2.45. The number of fused-ring (bicyclic) bond motifs is 1. The quantitative estimate of drug-likeness (QED) is 0.896. The van der Waals surface area contributed by atoms with E-state index in [9.17, 15) is 9.50 Å². The fraction of sp³-hybridized carbons (Fsp3) is 0.250. The number of hydrogen-bond acceptors (Lipinski definition) is 2. The van der Waals surface area contributed by atoms with Gasteiger partial charge in [0, 0.05) is 12.0 Å². The van der Waals surface area contributed by atoms with E-state index in [0.717, 1.165) is 23.3 Å². The van der Waals surface area contributed by atoms with Crippen LogP contribution in [0.25, 0.3) is 0 Å². The summed E-state index contributed by atoms with van der Waals surface area (Å²) in [6.07, 6.45) is 0.000356. The Morgan fingerprint density at radius 3 is 2.89 bits per heavy atom. The van der Waals surface area contributed by atoms with Crippen LogP contribution in [0.15, 0.2) is 36.4 Å². The van der Waals surface area contributed by atoms with Crippen LogP contribution in [0.2, 0.25) is 0 Å². The first-order valence-corrected chi connectivity index (χ1v) is 6.35. The average Bonchev–Trinajstić information content (AvgIpc) is 2.84. The molecule has 0 radical (unpaired) electrons. The number of aliphatic hydroxyl groups excluding tert-OH is 1. The van der Waals surface area contributed by atoms with Gasteiger partial charge in [-0.25, -0.2) is 4.39 Å². The molecule has 1 atom stereocenters. The summed E-state index contributed by atoms with van der Waals surface area (Å²) in [6, 6.07) is 10.3. The fourth-order valence-electron chi connectivity index (χ4n) is 2.56. The maximum atomic E-state index is 13.4. The van der Waals surface area contributed by atoms with Gasteiger partial charge in [0.15, 0.2) is 0 Å². The molecule has 3 heteroatoms. The molecular weight excluding hydrogens is 243 g/mol. The molecule has 0 fully saturated rings. The number of ether oxygens (including phenoxy) is 1. The van der Waals surface area contributed by atoms with Gasteiger partial charge in [-0.2, -0.15) is 0 Å². The average molecular weight is 258 g/mol. The van der Waals surface area contributed by atoms with Crippen molar-refractivity contribution >= 4 is 0 Å². The lowest BCUT2D eigenvalue weighted by Crippen LogP contribution is -2.03. The Bertz CT molecular complexity index is 602. The summed E-state index contributed by atoms with van der Waals surface area (Å²) in [5.41, 5.74) is 3.16. The Labute approximate surface area is 111 Å². The van der Waals surface area contributed by atoms with Gasteiger partial charge >= 0.3 is 0 Å². The summed E-state index contributed by atoms with van der Waals surface area (Å²) >= 11 is 0. The molecule has 2 aromatic rings. The summed E-state index contributed by atoms with van der Waals surface area (Å²) in [5, 5.41) is 10.5. The third-order valence-electron chi connectivity index (χ3n) is 3.42. The van der Waals surface area contributed by atoms with E-state index in [1.165, 1.54) is 12.1 Å². The van der Waals surface area contributed by atoms with Crippen molar-refractivity contribution in [1.29, 1.82) is 0 Å². The zero-order valence-corrected chi connectivity index (χ0v) is 10.7. The SMILES string of the molecule is Cc1cc(F)cc(C(O)c2cccc3c2OCC3)c1. The lowest BCUT2D eigenvalue weighted by Gasteiger charge is -2.15. The van der Waals surface area contributed by atoms with E-state index in [0.29, 0.717) is 17.7 Å². The van der Waals surface area contributed by atoms with Gasteiger partial charge in [0.1, 0.15) is 17.7 Å². The van der Waals surface area contributed by atoms with Crippen LogP contribution in [-0.2, 0) is 6.42 Å². The standard InChI is InChI=1S/C16H15FO2/c1-10-7-12(9-13(17)8-10)15(18)14-4-2-3-11-5-6-19-16(11)14/h2-4,7-9,15,18H,5-6H2,1H3. The molecule has 0 saturated heterocycles. The number of hydrogen-bond donors (Lipinski definition) is 1. The van der Waals surface area contributed by atoms with Gasteiger partial charge in [-0.1, -0.05) is 24.3 Å². The number of halogens is 1. The molecule has 98 valence electrons. The molecule has 1 N–H and O–H groups in total. The maximum absolute atomic E-state index is 13.4. The monoisotopic (exact) mass is 258 g/mol. The highest BCUT2D eigenvalue weighted by Gasteiger charge is 2.22. The molecule has 1 aliphatic rings. The Morgan fingerprint density at radius 2 is 2.11 bits per heavy atom. The molecule has 2 aromatic carbocycles. The number of rotatable bonds is 2. The zero-order chi connectivity index (χ0) is 13.4. The van der Waals surface area contributed by atoms with Gasteiger partial charge in [-0.3, -0.25) is 0 Å². The third-order valence-corrected chi connectivity index (χ3v) is 3.42. The highest BCUT2D eigenvalue weighted by Crippen LogP contribution is 2.36. The van der Waals surface area contributed by atoms with Crippen molar-refractivity contribution in [2.24, 2.45) is 0 Å². The summed E-state index contributed by atoms with van der Waals surface area (Å²) < 4.78 is 19.0. The Morgan fingerprint density at radius 1 is 1.26 bits per heavy atom. The van der Waals surface area contributed by atoms with Crippen molar-refractivity contribution in [2.45, 2.75) is 19.4 Å². The second-order valence-corrected chi connectivity index (χ2v) is 4.90. The fourth-order valence-corrected chi connectivity index (χ4v) is 2.56. The van der Waals surface area contributed by atoms with Crippen LogP contribution in [0.1, 0.15) is 28.4 Å². The molecular formula is C16H15FO2. The number of benzene rings is 2. The Kier molecular flexibility index (Phi) is 2.99. The van der Waals surface area contributed by atoms with Crippen LogP contribution >= 0.6 is 0 Å². The van der Waals surface area contributed by atoms with Crippen molar-refractivity contribution < 1.29 is 14.2 Å². The van der Waals surface area contributed by atoms with Crippen molar-refractivity contribution in [3.63, 3.8) is 0 Å². The van der Waals surface area contributed by atoms with E-state index in [1.54, 1.807) is 6.07 Å². The molecule has 2 nitrogen and oxygen atoms in total. The van der Waals surface area contributed by atoms with E-state index >= 15 is 0 Å². The van der Waals surface area contributed by atoms with Crippen molar-refractivity contribution in [2.75, 3.05) is 6.61 Å². The first-order valence-electron chi connectivity index (χ1n) is 6.35. The lowest BCUT2D eigenvalue weighted by molar-refractivity contribution is 0.213. The zero-order valence-electron chi connectivity index (χ0n) is 10.7. The van der Waals surface area contributed by atoms with Crippen molar-refractivity contribution in [3.05, 3.63) is 64.5 Å². The number of aryl methyl sites for hydroxylation is 1. The molecule has 1 heterocycles. The van der Waals surface area contributed by atoms with Gasteiger partial charge in [-0.15, -0.1) is 0 Å². The third kappa shape index (κ3) is 2.22. The summed E-state index contributed by atoms with van der Waals surface area (Å²) in [5.74, 6) is 0.416. The second kappa shape index (κ2) is 4.67. The molecule has 0 aliphatic carbocycles. The second-order valence-electron chi connectivity index (χ2n) is 4.90. The predicted molar refractivity (Wildman–Crippen MR) is 70.8 cm³/mol. The highest BCUT2D eigenvalue weighted by atomic mass is 19.1. The summed E-state index contributed by atoms with van der Waals surface area (Å²) in [7, 11) is 0. The Hall–Kier alpha value is -1.87. The molecule has 0 spiro atoms. The van der Waals surface area contributed by atoms with Crippen LogP contribution in [0.3, 0.4) is 0 Å². The molecule has 1 unspecified atom stereocenters. The minimum absolute atomic E-state index is 0.331. The van der Waals surface area contributed by atoms with Gasteiger partial charge in [0.25, 0.3) is 0 Å². The molecule has 0 amide bonds. The van der Waals surface area contributed by atoms with Gasteiger partial charge in [0.05, 0.1) is 6.61 Å². The molecule has 0 bridgehead atoms.